The van der Waals surface area contributed by atoms with Crippen molar-refractivity contribution in [2.75, 3.05) is 19.6 Å². The van der Waals surface area contributed by atoms with Gasteiger partial charge in [-0.25, -0.2) is 0 Å². The summed E-state index contributed by atoms with van der Waals surface area (Å²) in [5.41, 5.74) is 1.22. The van der Waals surface area contributed by atoms with E-state index in [-0.39, 0.29) is 9.43 Å². The molecule has 0 fully saturated rings. The first-order valence-corrected chi connectivity index (χ1v) is 13.9. The van der Waals surface area contributed by atoms with E-state index in [1.165, 1.54) is 82.6 Å². The normalized spacial score (nSPS) is 13.7. The lowest BCUT2D eigenvalue weighted by Crippen LogP contribution is -2.55. The quantitative estimate of drug-likeness (QED) is 0.0432. The average Bonchev–Trinajstić information content (AvgIpc) is 2.78. The monoisotopic (exact) mass is 544 g/mol. The minimum Gasteiger partial charge on any atom is -0.301 e. The van der Waals surface area contributed by atoms with Crippen LogP contribution < -0.4 is 0 Å². The summed E-state index contributed by atoms with van der Waals surface area (Å²) in [4.78, 5) is 0. The topological polar surface area (TPSA) is 0 Å². The summed E-state index contributed by atoms with van der Waals surface area (Å²) in [6.45, 7) is 7.78. The molecule has 0 aromatic heterocycles. The number of unbranched alkanes of at least 4 members (excludes halogenated alkanes) is 10. The Morgan fingerprint density at radius 2 is 1.30 bits per heavy atom. The van der Waals surface area contributed by atoms with Gasteiger partial charge in [0.2, 0.25) is 4.05 Å². The van der Waals surface area contributed by atoms with Crippen molar-refractivity contribution in [3.63, 3.8) is 0 Å². The number of halogens is 2. The second kappa shape index (κ2) is 17.3. The Hall–Kier alpha value is -0.240. The largest absolute Gasteiger partial charge is 0.301 e. The fourth-order valence-electron chi connectivity index (χ4n) is 4.27. The van der Waals surface area contributed by atoms with Crippen LogP contribution in [-0.2, 0) is 0 Å². The summed E-state index contributed by atoms with van der Waals surface area (Å²) in [6, 6.07) is 10.5. The van der Waals surface area contributed by atoms with E-state index < -0.39 is 0 Å². The van der Waals surface area contributed by atoms with Crippen LogP contribution in [0.15, 0.2) is 30.3 Å². The zero-order chi connectivity index (χ0) is 22.1. The van der Waals surface area contributed by atoms with Crippen LogP contribution in [0.25, 0.3) is 0 Å². The molecular weight excluding hydrogens is 501 g/mol. The molecule has 3 heteroatoms. The first-order valence-electron chi connectivity index (χ1n) is 12.2. The first-order chi connectivity index (χ1) is 14.6. The number of alkyl halides is 2. The Morgan fingerprint density at radius 3 is 1.77 bits per heavy atom. The van der Waals surface area contributed by atoms with Crippen LogP contribution in [0.2, 0.25) is 0 Å². The summed E-state index contributed by atoms with van der Waals surface area (Å²) in [7, 11) is 0. The van der Waals surface area contributed by atoms with E-state index in [4.69, 9.17) is 18.0 Å². The Morgan fingerprint density at radius 1 is 0.833 bits per heavy atom. The number of terminal acetylenes is 1. The zero-order valence-corrected chi connectivity index (χ0v) is 22.3. The zero-order valence-electron chi connectivity index (χ0n) is 19.4. The Kier molecular flexibility index (Phi) is 16.1. The lowest BCUT2D eigenvalue weighted by atomic mass is 10.1. The van der Waals surface area contributed by atoms with E-state index in [2.05, 4.69) is 72.7 Å². The van der Waals surface area contributed by atoms with Crippen molar-refractivity contribution in [3.05, 3.63) is 35.9 Å². The van der Waals surface area contributed by atoms with Crippen LogP contribution in [-0.4, -0.2) is 28.2 Å². The van der Waals surface area contributed by atoms with Gasteiger partial charge >= 0.3 is 0 Å². The van der Waals surface area contributed by atoms with Crippen molar-refractivity contribution in [1.29, 1.82) is 0 Å². The lowest BCUT2D eigenvalue weighted by molar-refractivity contribution is -0.927. The second-order valence-electron chi connectivity index (χ2n) is 8.76. The molecule has 0 N–H and O–H groups in total. The molecule has 1 nitrogen and oxygen atoms in total. The van der Waals surface area contributed by atoms with Crippen molar-refractivity contribution in [2.45, 2.75) is 100 Å². The standard InChI is InChI=1S/C27H44ClIN/c1-4-7-9-11-13-18-22-30(27(29)6-3,23-19-14-12-10-8-5-2)24-26(28)25-20-16-15-17-21-25/h3,15-17,20-21,26-27H,4-5,7-14,18-19,22-24H2,1-2H3/q+1. The third-order valence-electron chi connectivity index (χ3n) is 6.22. The van der Waals surface area contributed by atoms with E-state index >= 15 is 0 Å². The van der Waals surface area contributed by atoms with Gasteiger partial charge in [0.05, 0.1) is 13.1 Å². The van der Waals surface area contributed by atoms with Crippen LogP contribution in [0, 0.1) is 12.3 Å². The van der Waals surface area contributed by atoms with E-state index in [9.17, 15) is 0 Å². The Labute approximate surface area is 206 Å². The van der Waals surface area contributed by atoms with Gasteiger partial charge in [0, 0.05) is 22.6 Å². The molecule has 1 aromatic carbocycles. The molecule has 2 unspecified atom stereocenters. The molecule has 0 saturated carbocycles. The van der Waals surface area contributed by atoms with Gasteiger partial charge in [0.25, 0.3) is 0 Å². The Bertz CT molecular complexity index is 552. The SMILES string of the molecule is C#CC(I)[N+](CCCCCCCC)(CCCCCCCC)CC(Cl)c1ccccc1. The van der Waals surface area contributed by atoms with Gasteiger partial charge in [0.1, 0.15) is 11.9 Å². The molecule has 1 rings (SSSR count). The minimum absolute atomic E-state index is 0.0111. The smallest absolute Gasteiger partial charge is 0.200 e. The van der Waals surface area contributed by atoms with Gasteiger partial charge in [-0.1, -0.05) is 95.5 Å². The van der Waals surface area contributed by atoms with Crippen molar-refractivity contribution in [1.82, 2.24) is 0 Å². The number of nitrogens with zero attached hydrogens (tertiary/aromatic N) is 1. The van der Waals surface area contributed by atoms with Crippen molar-refractivity contribution < 1.29 is 4.48 Å². The molecule has 1 aromatic rings. The third kappa shape index (κ3) is 10.9. The molecule has 0 heterocycles. The van der Waals surface area contributed by atoms with Crippen molar-refractivity contribution >= 4 is 34.2 Å². The molecule has 0 aliphatic carbocycles. The van der Waals surface area contributed by atoms with E-state index in [0.717, 1.165) is 24.1 Å². The summed E-state index contributed by atoms with van der Waals surface area (Å²) < 4.78 is 1.14. The molecular formula is C27H44ClIN+. The molecule has 0 saturated heterocycles. The molecule has 0 radical (unpaired) electrons. The average molecular weight is 545 g/mol. The highest BCUT2D eigenvalue weighted by Gasteiger charge is 2.36. The summed E-state index contributed by atoms with van der Waals surface area (Å²) in [5.74, 6) is 3.09. The third-order valence-corrected chi connectivity index (χ3v) is 8.15. The highest BCUT2D eigenvalue weighted by atomic mass is 127. The van der Waals surface area contributed by atoms with Crippen molar-refractivity contribution in [3.8, 4) is 12.3 Å². The highest BCUT2D eigenvalue weighted by Crippen LogP contribution is 2.31. The van der Waals surface area contributed by atoms with E-state index in [1.54, 1.807) is 0 Å². The van der Waals surface area contributed by atoms with Gasteiger partial charge < -0.3 is 4.48 Å². The molecule has 0 bridgehead atoms. The molecule has 170 valence electrons. The number of rotatable bonds is 18. The minimum atomic E-state index is 0.0111. The predicted molar refractivity (Wildman–Crippen MR) is 143 cm³/mol. The van der Waals surface area contributed by atoms with Gasteiger partial charge in [-0.15, -0.1) is 18.0 Å². The number of hydrogen-bond donors (Lipinski definition) is 0. The fourth-order valence-corrected chi connectivity index (χ4v) is 5.48. The van der Waals surface area contributed by atoms with Gasteiger partial charge in [0.15, 0.2) is 0 Å². The van der Waals surface area contributed by atoms with Gasteiger partial charge in [-0.3, -0.25) is 0 Å². The molecule has 0 aliphatic heterocycles. The maximum atomic E-state index is 6.97. The maximum Gasteiger partial charge on any atom is 0.200 e. The van der Waals surface area contributed by atoms with Crippen LogP contribution >= 0.6 is 34.2 Å². The molecule has 2 atom stereocenters. The fraction of sp³-hybridized carbons (Fsp3) is 0.704. The molecule has 0 amide bonds. The maximum absolute atomic E-state index is 6.97. The number of benzene rings is 1. The number of hydrogen-bond acceptors (Lipinski definition) is 0. The van der Waals surface area contributed by atoms with Gasteiger partial charge in [-0.2, -0.15) is 0 Å². The second-order valence-corrected chi connectivity index (χ2v) is 10.5. The summed E-state index contributed by atoms with van der Waals surface area (Å²) in [5, 5.41) is 0.0111. The van der Waals surface area contributed by atoms with Crippen LogP contribution in [0.1, 0.15) is 102 Å². The van der Waals surface area contributed by atoms with Crippen molar-refractivity contribution in [2.24, 2.45) is 0 Å². The number of quaternary nitrogens is 1. The lowest BCUT2D eigenvalue weighted by Gasteiger charge is -2.42. The van der Waals surface area contributed by atoms with Crippen LogP contribution in [0.5, 0.6) is 0 Å². The summed E-state index contributed by atoms with van der Waals surface area (Å²) >= 11 is 9.47. The highest BCUT2D eigenvalue weighted by molar-refractivity contribution is 14.1. The van der Waals surface area contributed by atoms with Crippen LogP contribution in [0.4, 0.5) is 0 Å². The van der Waals surface area contributed by atoms with E-state index in [1.807, 2.05) is 0 Å². The molecule has 30 heavy (non-hydrogen) atoms. The van der Waals surface area contributed by atoms with Gasteiger partial charge in [-0.05, 0) is 37.2 Å². The van der Waals surface area contributed by atoms with Crippen LogP contribution in [0.3, 0.4) is 0 Å². The van der Waals surface area contributed by atoms with E-state index in [0.29, 0.717) is 0 Å². The molecule has 0 aliphatic rings. The summed E-state index contributed by atoms with van der Waals surface area (Å²) in [6.07, 6.45) is 21.8. The first kappa shape index (κ1) is 27.8. The Balaban J connectivity index is 2.80. The predicted octanol–water partition coefficient (Wildman–Crippen LogP) is 8.90. The molecule has 0 spiro atoms.